The molecule has 0 bridgehead atoms. The normalized spacial score (nSPS) is 14.1. The number of fused-ring (bicyclic) bond motifs is 1. The first-order valence-corrected chi connectivity index (χ1v) is 10.4. The largest absolute Gasteiger partial charge is 0.354 e. The third kappa shape index (κ3) is 4.91. The summed E-state index contributed by atoms with van der Waals surface area (Å²) >= 11 is 7.73. The van der Waals surface area contributed by atoms with E-state index in [1.54, 1.807) is 42.5 Å². The monoisotopic (exact) mass is 419 g/mol. The first kappa shape index (κ1) is 20.4. The zero-order valence-electron chi connectivity index (χ0n) is 15.5. The van der Waals surface area contributed by atoms with E-state index in [-0.39, 0.29) is 24.8 Å². The van der Waals surface area contributed by atoms with E-state index in [1.807, 2.05) is 4.90 Å². The summed E-state index contributed by atoms with van der Waals surface area (Å²) in [5.74, 6) is -0.735. The van der Waals surface area contributed by atoms with Gasteiger partial charge in [-0.2, -0.15) is 0 Å². The van der Waals surface area contributed by atoms with Crippen molar-refractivity contribution in [3.05, 3.63) is 56.7 Å². The highest BCUT2D eigenvalue weighted by Crippen LogP contribution is 2.24. The van der Waals surface area contributed by atoms with Gasteiger partial charge in [0.1, 0.15) is 6.04 Å². The number of thiophene rings is 1. The van der Waals surface area contributed by atoms with Crippen molar-refractivity contribution in [2.75, 3.05) is 13.1 Å². The van der Waals surface area contributed by atoms with Crippen molar-refractivity contribution >= 4 is 40.7 Å². The van der Waals surface area contributed by atoms with E-state index in [9.17, 15) is 14.4 Å². The zero-order valence-corrected chi connectivity index (χ0v) is 17.1. The van der Waals surface area contributed by atoms with Gasteiger partial charge in [-0.25, -0.2) is 0 Å². The highest BCUT2D eigenvalue weighted by molar-refractivity contribution is 7.10. The molecule has 3 rings (SSSR count). The molecule has 8 heteroatoms. The summed E-state index contributed by atoms with van der Waals surface area (Å²) in [4.78, 5) is 40.0. The number of amides is 3. The Morgan fingerprint density at radius 1 is 1.25 bits per heavy atom. The maximum absolute atomic E-state index is 12.4. The van der Waals surface area contributed by atoms with Crippen LogP contribution in [0.15, 0.2) is 35.7 Å². The fourth-order valence-corrected chi connectivity index (χ4v) is 4.16. The first-order chi connectivity index (χ1) is 13.5. The number of carbonyl (C=O) groups excluding carboxylic acids is 3. The molecule has 1 aliphatic heterocycles. The Balaban J connectivity index is 1.42. The van der Waals surface area contributed by atoms with E-state index in [2.05, 4.69) is 22.1 Å². The second-order valence-corrected chi connectivity index (χ2v) is 8.06. The average Bonchev–Trinajstić information content (AvgIpc) is 3.15. The molecule has 0 saturated carbocycles. The highest BCUT2D eigenvalue weighted by Gasteiger charge is 2.22. The van der Waals surface area contributed by atoms with Crippen molar-refractivity contribution in [2.24, 2.45) is 0 Å². The molecule has 6 nitrogen and oxygen atoms in total. The van der Waals surface area contributed by atoms with Crippen LogP contribution in [0.5, 0.6) is 0 Å². The first-order valence-electron chi connectivity index (χ1n) is 9.12. The van der Waals surface area contributed by atoms with E-state index in [0.29, 0.717) is 23.7 Å². The highest BCUT2D eigenvalue weighted by atomic mass is 35.5. The van der Waals surface area contributed by atoms with Gasteiger partial charge in [-0.1, -0.05) is 23.7 Å². The maximum Gasteiger partial charge on any atom is 0.253 e. The number of nitrogens with one attached hydrogen (secondary N) is 2. The van der Waals surface area contributed by atoms with Gasteiger partial charge in [0.05, 0.1) is 10.6 Å². The molecule has 1 aliphatic rings. The Morgan fingerprint density at radius 2 is 2.04 bits per heavy atom. The number of hydrogen-bond acceptors (Lipinski definition) is 4. The smallest absolute Gasteiger partial charge is 0.253 e. The number of carbonyl (C=O) groups is 3. The summed E-state index contributed by atoms with van der Waals surface area (Å²) in [6.07, 6.45) is 1.12. The summed E-state index contributed by atoms with van der Waals surface area (Å²) in [6.45, 7) is 3.17. The summed E-state index contributed by atoms with van der Waals surface area (Å²) in [6, 6.07) is 7.97. The molecule has 1 aromatic heterocycles. The van der Waals surface area contributed by atoms with Crippen LogP contribution < -0.4 is 10.6 Å². The lowest BCUT2D eigenvalue weighted by molar-refractivity contribution is -0.132. The van der Waals surface area contributed by atoms with Crippen LogP contribution in [-0.2, 0) is 22.6 Å². The molecule has 0 spiro atoms. The van der Waals surface area contributed by atoms with E-state index in [4.69, 9.17) is 11.6 Å². The number of halogens is 1. The van der Waals surface area contributed by atoms with Gasteiger partial charge in [-0.05, 0) is 42.5 Å². The molecular weight excluding hydrogens is 398 g/mol. The van der Waals surface area contributed by atoms with Crippen LogP contribution in [0.3, 0.4) is 0 Å². The van der Waals surface area contributed by atoms with Crippen molar-refractivity contribution in [3.63, 3.8) is 0 Å². The third-order valence-electron chi connectivity index (χ3n) is 4.66. The summed E-state index contributed by atoms with van der Waals surface area (Å²) in [5, 5.41) is 7.70. The maximum atomic E-state index is 12.4. The molecule has 2 N–H and O–H groups in total. The molecule has 148 valence electrons. The average molecular weight is 420 g/mol. The molecule has 1 aromatic carbocycles. The second kappa shape index (κ2) is 9.21. The lowest BCUT2D eigenvalue weighted by atomic mass is 10.1. The Morgan fingerprint density at radius 3 is 2.82 bits per heavy atom. The van der Waals surface area contributed by atoms with Crippen molar-refractivity contribution in [2.45, 2.75) is 32.4 Å². The van der Waals surface area contributed by atoms with Crippen molar-refractivity contribution in [1.29, 1.82) is 0 Å². The zero-order chi connectivity index (χ0) is 20.1. The molecule has 1 atom stereocenters. The molecule has 0 fully saturated rings. The van der Waals surface area contributed by atoms with Crippen molar-refractivity contribution in [3.8, 4) is 0 Å². The van der Waals surface area contributed by atoms with E-state index >= 15 is 0 Å². The topological polar surface area (TPSA) is 78.5 Å². The summed E-state index contributed by atoms with van der Waals surface area (Å²) in [7, 11) is 0. The van der Waals surface area contributed by atoms with Gasteiger partial charge in [0.15, 0.2) is 0 Å². The quantitative estimate of drug-likeness (QED) is 0.755. The van der Waals surface area contributed by atoms with Crippen LogP contribution in [0.25, 0.3) is 0 Å². The van der Waals surface area contributed by atoms with Crippen LogP contribution in [-0.4, -0.2) is 41.8 Å². The van der Waals surface area contributed by atoms with Crippen LogP contribution in [0.1, 0.15) is 34.1 Å². The Hall–Kier alpha value is -2.38. The molecule has 3 amide bonds. The second-order valence-electron chi connectivity index (χ2n) is 6.65. The minimum absolute atomic E-state index is 0.0184. The van der Waals surface area contributed by atoms with Gasteiger partial charge in [0.2, 0.25) is 11.8 Å². The fraction of sp³-hybridized carbons (Fsp3) is 0.350. The minimum Gasteiger partial charge on any atom is -0.354 e. The summed E-state index contributed by atoms with van der Waals surface area (Å²) in [5.41, 5.74) is 1.53. The van der Waals surface area contributed by atoms with Gasteiger partial charge in [-0.3, -0.25) is 14.4 Å². The van der Waals surface area contributed by atoms with Gasteiger partial charge >= 0.3 is 0 Å². The van der Waals surface area contributed by atoms with Crippen molar-refractivity contribution in [1.82, 2.24) is 15.5 Å². The Kier molecular flexibility index (Phi) is 6.70. The molecule has 28 heavy (non-hydrogen) atoms. The van der Waals surface area contributed by atoms with Crippen molar-refractivity contribution < 1.29 is 14.4 Å². The lowest BCUT2D eigenvalue weighted by Gasteiger charge is -2.27. The van der Waals surface area contributed by atoms with Gasteiger partial charge in [0.25, 0.3) is 5.91 Å². The lowest BCUT2D eigenvalue weighted by Crippen LogP contribution is -2.46. The van der Waals surface area contributed by atoms with Crippen LogP contribution in [0, 0.1) is 0 Å². The van der Waals surface area contributed by atoms with E-state index < -0.39 is 11.9 Å². The number of hydrogen-bond donors (Lipinski definition) is 2. The predicted octanol–water partition coefficient (Wildman–Crippen LogP) is 2.61. The molecule has 2 heterocycles. The SMILES string of the molecule is CC(NC(=O)c1ccccc1Cl)C(=O)NCCC(=O)N1CCc2sccc2C1. The number of benzene rings is 1. The number of nitrogens with zero attached hydrogens (tertiary/aromatic N) is 1. The van der Waals surface area contributed by atoms with Gasteiger partial charge in [-0.15, -0.1) is 11.3 Å². The molecular formula is C20H22ClN3O3S. The van der Waals surface area contributed by atoms with Crippen LogP contribution in [0.4, 0.5) is 0 Å². The molecule has 1 unspecified atom stereocenters. The van der Waals surface area contributed by atoms with Crippen LogP contribution >= 0.6 is 22.9 Å². The Bertz CT molecular complexity index is 883. The molecule has 0 saturated heterocycles. The van der Waals surface area contributed by atoms with E-state index in [1.165, 1.54) is 10.4 Å². The number of rotatable bonds is 6. The fourth-order valence-electron chi connectivity index (χ4n) is 3.05. The predicted molar refractivity (Wildman–Crippen MR) is 109 cm³/mol. The molecule has 2 aromatic rings. The van der Waals surface area contributed by atoms with Gasteiger partial charge in [0, 0.05) is 30.9 Å². The van der Waals surface area contributed by atoms with Gasteiger partial charge < -0.3 is 15.5 Å². The molecule has 0 aliphatic carbocycles. The third-order valence-corrected chi connectivity index (χ3v) is 6.01. The van der Waals surface area contributed by atoms with Crippen LogP contribution in [0.2, 0.25) is 5.02 Å². The minimum atomic E-state index is -0.734. The Labute approximate surface area is 172 Å². The standard InChI is InChI=1S/C20H22ClN3O3S/c1-13(23-20(27)15-4-2-3-5-16(15)21)19(26)22-9-6-18(25)24-10-7-17-14(12-24)8-11-28-17/h2-5,8,11,13H,6-7,9-10,12H2,1H3,(H,22,26)(H,23,27). The summed E-state index contributed by atoms with van der Waals surface area (Å²) < 4.78 is 0. The molecule has 0 radical (unpaired) electrons. The van der Waals surface area contributed by atoms with E-state index in [0.717, 1.165) is 6.42 Å².